The van der Waals surface area contributed by atoms with Crippen LogP contribution >= 0.6 is 38.9 Å². The van der Waals surface area contributed by atoms with E-state index >= 15 is 0 Å². The topological polar surface area (TPSA) is 46.2 Å². The lowest BCUT2D eigenvalue weighted by Crippen LogP contribution is -2.26. The minimum absolute atomic E-state index is 0.109. The van der Waals surface area contributed by atoms with Gasteiger partial charge in [-0.1, -0.05) is 23.7 Å². The van der Waals surface area contributed by atoms with Crippen LogP contribution in [0.4, 0.5) is 4.39 Å². The molecular formula is C12H10BrClFNO2S2. The number of thiophene rings is 1. The van der Waals surface area contributed by atoms with Crippen LogP contribution in [0.1, 0.15) is 18.5 Å². The van der Waals surface area contributed by atoms with E-state index in [9.17, 15) is 12.8 Å². The van der Waals surface area contributed by atoms with Crippen LogP contribution in [-0.4, -0.2) is 8.42 Å². The Bertz CT molecular complexity index is 713. The second-order valence-electron chi connectivity index (χ2n) is 4.09. The lowest BCUT2D eigenvalue weighted by atomic mass is 10.1. The summed E-state index contributed by atoms with van der Waals surface area (Å²) in [5, 5.41) is 0.341. The number of hydrogen-bond donors (Lipinski definition) is 1. The lowest BCUT2D eigenvalue weighted by Gasteiger charge is -2.13. The fraction of sp³-hybridized carbons (Fsp3) is 0.167. The summed E-state index contributed by atoms with van der Waals surface area (Å²) in [6.45, 7) is 1.65. The fourth-order valence-electron chi connectivity index (χ4n) is 1.59. The molecule has 0 saturated carbocycles. The molecule has 2 rings (SSSR count). The molecule has 0 aliphatic heterocycles. The molecule has 0 saturated heterocycles. The largest absolute Gasteiger partial charge is 0.250 e. The number of nitrogens with one attached hydrogen (secondary N) is 1. The zero-order valence-corrected chi connectivity index (χ0v) is 14.2. The third-order valence-electron chi connectivity index (χ3n) is 2.57. The van der Waals surface area contributed by atoms with E-state index in [1.807, 2.05) is 0 Å². The van der Waals surface area contributed by atoms with Gasteiger partial charge in [0.1, 0.15) is 10.0 Å². The van der Waals surface area contributed by atoms with Crippen molar-refractivity contribution in [1.82, 2.24) is 4.72 Å². The van der Waals surface area contributed by atoms with Crippen LogP contribution in [-0.2, 0) is 10.0 Å². The third-order valence-corrected chi connectivity index (χ3v) is 7.06. The van der Waals surface area contributed by atoms with Gasteiger partial charge in [0.05, 0.1) is 8.81 Å². The normalized spacial score (nSPS) is 13.4. The van der Waals surface area contributed by atoms with Gasteiger partial charge in [-0.05, 0) is 46.6 Å². The van der Waals surface area contributed by atoms with Crippen molar-refractivity contribution in [3.05, 3.63) is 50.5 Å². The Morgan fingerprint density at radius 3 is 2.65 bits per heavy atom. The predicted molar refractivity (Wildman–Crippen MR) is 82.2 cm³/mol. The summed E-state index contributed by atoms with van der Waals surface area (Å²) in [6, 6.07) is 6.62. The average Bonchev–Trinajstić information content (AvgIpc) is 2.70. The summed E-state index contributed by atoms with van der Waals surface area (Å²) in [7, 11) is -3.69. The Labute approximate surface area is 134 Å². The number of halogens is 3. The van der Waals surface area contributed by atoms with E-state index in [-0.39, 0.29) is 4.21 Å². The quantitative estimate of drug-likeness (QED) is 0.832. The Hall–Kier alpha value is -0.470. The molecule has 1 aromatic carbocycles. The number of rotatable bonds is 4. The Morgan fingerprint density at radius 2 is 2.10 bits per heavy atom. The van der Waals surface area contributed by atoms with Gasteiger partial charge in [0.25, 0.3) is 10.0 Å². The molecule has 2 aromatic rings. The first kappa shape index (κ1) is 15.9. The maximum atomic E-state index is 13.1. The minimum atomic E-state index is -3.69. The molecule has 0 aliphatic rings. The fourth-order valence-corrected chi connectivity index (χ4v) is 5.24. The Morgan fingerprint density at radius 1 is 1.40 bits per heavy atom. The van der Waals surface area contributed by atoms with Crippen LogP contribution < -0.4 is 4.72 Å². The van der Waals surface area contributed by atoms with Crippen LogP contribution in [0.5, 0.6) is 0 Å². The number of benzene rings is 1. The molecule has 0 aliphatic carbocycles. The highest BCUT2D eigenvalue weighted by atomic mass is 79.9. The van der Waals surface area contributed by atoms with E-state index in [1.54, 1.807) is 13.0 Å². The van der Waals surface area contributed by atoms with E-state index in [0.29, 0.717) is 14.4 Å². The van der Waals surface area contributed by atoms with Crippen LogP contribution in [0.2, 0.25) is 5.02 Å². The third kappa shape index (κ3) is 3.59. The molecule has 1 unspecified atom stereocenters. The van der Waals surface area contributed by atoms with Gasteiger partial charge < -0.3 is 0 Å². The summed E-state index contributed by atoms with van der Waals surface area (Å²) in [5.41, 5.74) is 0.551. The van der Waals surface area contributed by atoms with Gasteiger partial charge in [0.2, 0.25) is 0 Å². The molecule has 0 fully saturated rings. The van der Waals surface area contributed by atoms with Crippen LogP contribution in [0, 0.1) is 5.82 Å². The molecule has 8 heteroatoms. The summed E-state index contributed by atoms with van der Waals surface area (Å²) in [6.07, 6.45) is 0. The molecule has 20 heavy (non-hydrogen) atoms. The van der Waals surface area contributed by atoms with Crippen molar-refractivity contribution in [1.29, 1.82) is 0 Å². The molecule has 1 atom stereocenters. The maximum Gasteiger partial charge on any atom is 0.250 e. The second-order valence-corrected chi connectivity index (χ2v) is 8.80. The highest BCUT2D eigenvalue weighted by Gasteiger charge is 2.22. The highest BCUT2D eigenvalue weighted by molar-refractivity contribution is 9.11. The monoisotopic (exact) mass is 397 g/mol. The smallest absolute Gasteiger partial charge is 0.207 e. The Kier molecular flexibility index (Phi) is 4.86. The van der Waals surface area contributed by atoms with Crippen molar-refractivity contribution in [3.8, 4) is 0 Å². The van der Waals surface area contributed by atoms with Crippen molar-refractivity contribution in [3.63, 3.8) is 0 Å². The zero-order valence-electron chi connectivity index (χ0n) is 10.2. The van der Waals surface area contributed by atoms with E-state index in [0.717, 1.165) is 11.3 Å². The minimum Gasteiger partial charge on any atom is -0.207 e. The van der Waals surface area contributed by atoms with Crippen molar-refractivity contribution < 1.29 is 12.8 Å². The van der Waals surface area contributed by atoms with Crippen molar-refractivity contribution in [2.24, 2.45) is 0 Å². The summed E-state index contributed by atoms with van der Waals surface area (Å²) in [4.78, 5) is 0. The van der Waals surface area contributed by atoms with Gasteiger partial charge in [-0.3, -0.25) is 0 Å². The van der Waals surface area contributed by atoms with E-state index in [4.69, 9.17) is 11.6 Å². The summed E-state index contributed by atoms with van der Waals surface area (Å²) >= 11 is 10.0. The highest BCUT2D eigenvalue weighted by Crippen LogP contribution is 2.35. The lowest BCUT2D eigenvalue weighted by molar-refractivity contribution is 0.566. The first-order chi connectivity index (χ1) is 9.29. The number of hydrogen-bond acceptors (Lipinski definition) is 3. The first-order valence-corrected chi connectivity index (χ1v) is 8.99. The molecule has 0 amide bonds. The summed E-state index contributed by atoms with van der Waals surface area (Å²) in [5.74, 6) is -0.407. The van der Waals surface area contributed by atoms with Crippen LogP contribution in [0.3, 0.4) is 0 Å². The van der Waals surface area contributed by atoms with Gasteiger partial charge in [0.15, 0.2) is 0 Å². The number of sulfonamides is 1. The summed E-state index contributed by atoms with van der Waals surface area (Å²) < 4.78 is 40.7. The Balaban J connectivity index is 2.24. The molecule has 0 bridgehead atoms. The molecule has 1 heterocycles. The standard InChI is InChI=1S/C12H10BrClFNO2S2/c1-7(8-3-2-4-9(15)5-8)16-20(17,18)11-6-10(14)12(13)19-11/h2-7,16H,1H3. The molecule has 1 aromatic heterocycles. The van der Waals surface area contributed by atoms with E-state index in [1.165, 1.54) is 24.3 Å². The zero-order chi connectivity index (χ0) is 14.9. The second kappa shape index (κ2) is 6.11. The van der Waals surface area contributed by atoms with Crippen molar-refractivity contribution in [2.75, 3.05) is 0 Å². The molecule has 0 spiro atoms. The van der Waals surface area contributed by atoms with Crippen molar-refractivity contribution in [2.45, 2.75) is 17.2 Å². The SMILES string of the molecule is CC(NS(=O)(=O)c1cc(Cl)c(Br)s1)c1cccc(F)c1. The predicted octanol–water partition coefficient (Wildman–Crippen LogP) is 4.34. The van der Waals surface area contributed by atoms with Gasteiger partial charge in [-0.25, -0.2) is 17.5 Å². The molecule has 0 radical (unpaired) electrons. The van der Waals surface area contributed by atoms with Crippen molar-refractivity contribution >= 4 is 48.9 Å². The van der Waals surface area contributed by atoms with Gasteiger partial charge >= 0.3 is 0 Å². The van der Waals surface area contributed by atoms with Gasteiger partial charge in [-0.15, -0.1) is 11.3 Å². The molecule has 3 nitrogen and oxygen atoms in total. The average molecular weight is 399 g/mol. The van der Waals surface area contributed by atoms with Crippen LogP contribution in [0.25, 0.3) is 0 Å². The maximum absolute atomic E-state index is 13.1. The van der Waals surface area contributed by atoms with Gasteiger partial charge in [-0.2, -0.15) is 0 Å². The molecule has 108 valence electrons. The van der Waals surface area contributed by atoms with Gasteiger partial charge in [0, 0.05) is 6.04 Å². The van der Waals surface area contributed by atoms with E-state index < -0.39 is 21.9 Å². The molecule has 1 N–H and O–H groups in total. The van der Waals surface area contributed by atoms with E-state index in [2.05, 4.69) is 20.7 Å². The molecular weight excluding hydrogens is 389 g/mol. The van der Waals surface area contributed by atoms with Crippen LogP contribution in [0.15, 0.2) is 38.3 Å². The first-order valence-electron chi connectivity index (χ1n) is 5.52.